The topological polar surface area (TPSA) is 59.1 Å². The van der Waals surface area contributed by atoms with Crippen LogP contribution >= 0.6 is 0 Å². The first-order chi connectivity index (χ1) is 11.8. The van der Waals surface area contributed by atoms with Gasteiger partial charge in [0.15, 0.2) is 0 Å². The number of nitrogens with one attached hydrogen (secondary N) is 2. The molecule has 0 saturated heterocycles. The van der Waals surface area contributed by atoms with Crippen LogP contribution in [0.25, 0.3) is 0 Å². The SMILES string of the molecule is CCOc1ccccc1Nc1cc(Nc2ccccc2F)ncn1. The van der Waals surface area contributed by atoms with Gasteiger partial charge in [0, 0.05) is 6.07 Å². The highest BCUT2D eigenvalue weighted by Crippen LogP contribution is 2.27. The van der Waals surface area contributed by atoms with Crippen molar-refractivity contribution >= 4 is 23.0 Å². The molecule has 0 aliphatic carbocycles. The van der Waals surface area contributed by atoms with Gasteiger partial charge in [-0.2, -0.15) is 0 Å². The van der Waals surface area contributed by atoms with Crippen molar-refractivity contribution in [1.29, 1.82) is 0 Å². The molecule has 0 bridgehead atoms. The number of ether oxygens (including phenoxy) is 1. The second kappa shape index (κ2) is 7.41. The van der Waals surface area contributed by atoms with Crippen LogP contribution in [0.1, 0.15) is 6.92 Å². The average molecular weight is 324 g/mol. The number of hydrogen-bond donors (Lipinski definition) is 2. The minimum Gasteiger partial charge on any atom is -0.492 e. The van der Waals surface area contributed by atoms with Gasteiger partial charge in [-0.1, -0.05) is 24.3 Å². The lowest BCUT2D eigenvalue weighted by molar-refractivity contribution is 0.342. The molecule has 1 aromatic heterocycles. The van der Waals surface area contributed by atoms with E-state index in [9.17, 15) is 4.39 Å². The van der Waals surface area contributed by atoms with Crippen LogP contribution < -0.4 is 15.4 Å². The Morgan fingerprint density at radius 3 is 2.25 bits per heavy atom. The van der Waals surface area contributed by atoms with E-state index in [1.807, 2.05) is 31.2 Å². The third-order valence-corrected chi connectivity index (χ3v) is 3.25. The van der Waals surface area contributed by atoms with Crippen molar-refractivity contribution < 1.29 is 9.13 Å². The molecule has 0 atom stereocenters. The fraction of sp³-hybridized carbons (Fsp3) is 0.111. The molecule has 0 radical (unpaired) electrons. The van der Waals surface area contributed by atoms with Crippen LogP contribution in [0.3, 0.4) is 0 Å². The van der Waals surface area contributed by atoms with E-state index in [2.05, 4.69) is 20.6 Å². The van der Waals surface area contributed by atoms with Crippen LogP contribution in [0.2, 0.25) is 0 Å². The van der Waals surface area contributed by atoms with Crippen molar-refractivity contribution in [2.24, 2.45) is 0 Å². The van der Waals surface area contributed by atoms with E-state index in [0.717, 1.165) is 11.4 Å². The standard InChI is InChI=1S/C18H17FN4O/c1-2-24-16-10-6-5-9-15(16)23-18-11-17(20-12-21-18)22-14-8-4-3-7-13(14)19/h3-12H,2H2,1H3,(H2,20,21,22,23). The first kappa shape index (κ1) is 15.7. The number of benzene rings is 2. The lowest BCUT2D eigenvalue weighted by atomic mass is 10.3. The Bertz CT molecular complexity index is 825. The maximum absolute atomic E-state index is 13.7. The lowest BCUT2D eigenvalue weighted by Gasteiger charge is -2.12. The van der Waals surface area contributed by atoms with E-state index in [4.69, 9.17) is 4.74 Å². The summed E-state index contributed by atoms with van der Waals surface area (Å²) in [4.78, 5) is 8.30. The summed E-state index contributed by atoms with van der Waals surface area (Å²) in [5, 5.41) is 6.13. The smallest absolute Gasteiger partial charge is 0.146 e. The number of rotatable bonds is 6. The normalized spacial score (nSPS) is 10.2. The van der Waals surface area contributed by atoms with Gasteiger partial charge >= 0.3 is 0 Å². The Morgan fingerprint density at radius 1 is 0.917 bits per heavy atom. The van der Waals surface area contributed by atoms with Crippen molar-refractivity contribution in [2.45, 2.75) is 6.92 Å². The number of nitrogens with zero attached hydrogens (tertiary/aromatic N) is 2. The van der Waals surface area contributed by atoms with Crippen molar-refractivity contribution in [3.63, 3.8) is 0 Å². The Hall–Kier alpha value is -3.15. The first-order valence-corrected chi connectivity index (χ1v) is 7.58. The van der Waals surface area contributed by atoms with E-state index >= 15 is 0 Å². The highest BCUT2D eigenvalue weighted by Gasteiger charge is 2.06. The number of halogens is 1. The lowest BCUT2D eigenvalue weighted by Crippen LogP contribution is -2.01. The zero-order valence-corrected chi connectivity index (χ0v) is 13.2. The molecule has 2 aromatic carbocycles. The summed E-state index contributed by atoms with van der Waals surface area (Å²) in [6.45, 7) is 2.50. The molecule has 1 heterocycles. The van der Waals surface area contributed by atoms with Gasteiger partial charge in [-0.05, 0) is 31.2 Å². The van der Waals surface area contributed by atoms with Crippen LogP contribution in [0.5, 0.6) is 5.75 Å². The fourth-order valence-corrected chi connectivity index (χ4v) is 2.18. The second-order valence-electron chi connectivity index (χ2n) is 4.95. The first-order valence-electron chi connectivity index (χ1n) is 7.58. The van der Waals surface area contributed by atoms with Crippen LogP contribution in [0.4, 0.5) is 27.4 Å². The van der Waals surface area contributed by atoms with Crippen molar-refractivity contribution in [2.75, 3.05) is 17.2 Å². The molecule has 0 aliphatic rings. The quantitative estimate of drug-likeness (QED) is 0.699. The maximum atomic E-state index is 13.7. The van der Waals surface area contributed by atoms with Crippen LogP contribution in [0, 0.1) is 5.82 Å². The number of para-hydroxylation sites is 3. The number of hydrogen-bond acceptors (Lipinski definition) is 5. The summed E-state index contributed by atoms with van der Waals surface area (Å²) in [6, 6.07) is 15.7. The molecule has 0 unspecified atom stereocenters. The summed E-state index contributed by atoms with van der Waals surface area (Å²) in [7, 11) is 0. The molecule has 6 heteroatoms. The molecule has 0 spiro atoms. The molecule has 2 N–H and O–H groups in total. The molecule has 3 aromatic rings. The Labute approximate surface area is 139 Å². The van der Waals surface area contributed by atoms with E-state index < -0.39 is 0 Å². The largest absolute Gasteiger partial charge is 0.492 e. The molecule has 0 saturated carbocycles. The van der Waals surface area contributed by atoms with Gasteiger partial charge in [-0.15, -0.1) is 0 Å². The van der Waals surface area contributed by atoms with E-state index in [-0.39, 0.29) is 5.82 Å². The monoisotopic (exact) mass is 324 g/mol. The van der Waals surface area contributed by atoms with Gasteiger partial charge in [0.2, 0.25) is 0 Å². The zero-order valence-electron chi connectivity index (χ0n) is 13.2. The highest BCUT2D eigenvalue weighted by atomic mass is 19.1. The third kappa shape index (κ3) is 3.78. The van der Waals surface area contributed by atoms with Gasteiger partial charge in [0.25, 0.3) is 0 Å². The molecule has 122 valence electrons. The molecule has 0 fully saturated rings. The van der Waals surface area contributed by atoms with Gasteiger partial charge in [-0.3, -0.25) is 0 Å². The van der Waals surface area contributed by atoms with Crippen molar-refractivity contribution in [1.82, 2.24) is 9.97 Å². The van der Waals surface area contributed by atoms with E-state index in [0.29, 0.717) is 23.9 Å². The number of anilines is 4. The predicted molar refractivity (Wildman–Crippen MR) is 92.6 cm³/mol. The van der Waals surface area contributed by atoms with E-state index in [1.165, 1.54) is 12.4 Å². The van der Waals surface area contributed by atoms with E-state index in [1.54, 1.807) is 24.3 Å². The Balaban J connectivity index is 1.80. The Kier molecular flexibility index (Phi) is 4.86. The van der Waals surface area contributed by atoms with Crippen LogP contribution in [0.15, 0.2) is 60.9 Å². The summed E-state index contributed by atoms with van der Waals surface area (Å²) >= 11 is 0. The molecule has 24 heavy (non-hydrogen) atoms. The summed E-state index contributed by atoms with van der Waals surface area (Å²) < 4.78 is 19.3. The minimum absolute atomic E-state index is 0.340. The third-order valence-electron chi connectivity index (χ3n) is 3.25. The van der Waals surface area contributed by atoms with Crippen molar-refractivity contribution in [3.8, 4) is 5.75 Å². The molecular weight excluding hydrogens is 307 g/mol. The Morgan fingerprint density at radius 2 is 1.54 bits per heavy atom. The summed E-state index contributed by atoms with van der Waals surface area (Å²) in [6.07, 6.45) is 1.41. The predicted octanol–water partition coefficient (Wildman–Crippen LogP) is 4.50. The highest BCUT2D eigenvalue weighted by molar-refractivity contribution is 5.67. The molecule has 0 aliphatic heterocycles. The minimum atomic E-state index is -0.340. The molecular formula is C18H17FN4O. The number of aromatic nitrogens is 2. The molecule has 5 nitrogen and oxygen atoms in total. The van der Waals surface area contributed by atoms with Gasteiger partial charge in [0.1, 0.15) is 29.5 Å². The van der Waals surface area contributed by atoms with Crippen molar-refractivity contribution in [3.05, 3.63) is 66.7 Å². The summed E-state index contributed by atoms with van der Waals surface area (Å²) in [5.41, 5.74) is 1.16. The fourth-order valence-electron chi connectivity index (χ4n) is 2.18. The van der Waals surface area contributed by atoms with Gasteiger partial charge in [0.05, 0.1) is 18.0 Å². The van der Waals surface area contributed by atoms with Gasteiger partial charge in [-0.25, -0.2) is 14.4 Å². The maximum Gasteiger partial charge on any atom is 0.146 e. The second-order valence-corrected chi connectivity index (χ2v) is 4.95. The van der Waals surface area contributed by atoms with Crippen LogP contribution in [-0.2, 0) is 0 Å². The molecule has 0 amide bonds. The van der Waals surface area contributed by atoms with Gasteiger partial charge < -0.3 is 15.4 Å². The zero-order chi connectivity index (χ0) is 16.8. The van der Waals surface area contributed by atoms with Crippen LogP contribution in [-0.4, -0.2) is 16.6 Å². The summed E-state index contributed by atoms with van der Waals surface area (Å²) in [5.74, 6) is 1.47. The molecule has 3 rings (SSSR count). The average Bonchev–Trinajstić information content (AvgIpc) is 2.59.